The van der Waals surface area contributed by atoms with Gasteiger partial charge in [0.2, 0.25) is 0 Å². The van der Waals surface area contributed by atoms with E-state index in [1.807, 2.05) is 0 Å². The maximum Gasteiger partial charge on any atom is 0.310 e. The number of ether oxygens (including phenoxy) is 1. The molecule has 1 aromatic rings. The lowest BCUT2D eigenvalue weighted by atomic mass is 10.1. The topological polar surface area (TPSA) is 39.2 Å². The van der Waals surface area contributed by atoms with Gasteiger partial charge >= 0.3 is 5.97 Å². The molecule has 0 spiro atoms. The second-order valence-electron chi connectivity index (χ2n) is 3.38. The van der Waals surface area contributed by atoms with Crippen LogP contribution < -0.4 is 0 Å². The molecule has 0 N–H and O–H groups in total. The lowest BCUT2D eigenvalue weighted by Crippen LogP contribution is -2.10. The summed E-state index contributed by atoms with van der Waals surface area (Å²) in [5.41, 5.74) is 0.162. The predicted molar refractivity (Wildman–Crippen MR) is 64.1 cm³/mol. The zero-order valence-corrected chi connectivity index (χ0v) is 11.1. The zero-order valence-electron chi connectivity index (χ0n) is 9.55. The molecule has 100 valence electrons. The van der Waals surface area contributed by atoms with Crippen LogP contribution in [0.15, 0.2) is 6.20 Å². The van der Waals surface area contributed by atoms with E-state index in [-0.39, 0.29) is 29.5 Å². The number of carbonyl (C=O) groups is 1. The molecule has 0 amide bonds. The molecule has 0 unspecified atom stereocenters. The quantitative estimate of drug-likeness (QED) is 0.617. The third-order valence-corrected chi connectivity index (χ3v) is 2.91. The minimum atomic E-state index is -2.78. The summed E-state index contributed by atoms with van der Waals surface area (Å²) in [6, 6.07) is 0. The van der Waals surface area contributed by atoms with Crippen molar-refractivity contribution in [2.45, 2.75) is 25.7 Å². The summed E-state index contributed by atoms with van der Waals surface area (Å²) in [7, 11) is 0. The number of aromatic nitrogens is 1. The maximum absolute atomic E-state index is 12.6. The first-order valence-corrected chi connectivity index (χ1v) is 6.08. The van der Waals surface area contributed by atoms with Crippen LogP contribution in [-0.4, -0.2) is 17.6 Å². The van der Waals surface area contributed by atoms with Gasteiger partial charge in [-0.25, -0.2) is 8.78 Å². The standard InChI is InChI=1S/C11H11Cl2F2NO2/c1-2-18-8(17)3-6-5-16-10(11(14)15)9(13)7(6)4-12/h5,11H,2-4H2,1H3. The Morgan fingerprint density at radius 1 is 1.56 bits per heavy atom. The van der Waals surface area contributed by atoms with E-state index in [9.17, 15) is 13.6 Å². The summed E-state index contributed by atoms with van der Waals surface area (Å²) < 4.78 is 29.9. The Labute approximate surface area is 113 Å². The highest BCUT2D eigenvalue weighted by atomic mass is 35.5. The van der Waals surface area contributed by atoms with Crippen LogP contribution >= 0.6 is 23.2 Å². The van der Waals surface area contributed by atoms with E-state index in [0.717, 1.165) is 0 Å². The summed E-state index contributed by atoms with van der Waals surface area (Å²) in [5.74, 6) is -0.554. The number of carbonyl (C=O) groups excluding carboxylic acids is 1. The van der Waals surface area contributed by atoms with Crippen molar-refractivity contribution in [3.63, 3.8) is 0 Å². The molecule has 0 bridgehead atoms. The summed E-state index contributed by atoms with van der Waals surface area (Å²) in [5, 5.41) is -0.193. The van der Waals surface area contributed by atoms with Gasteiger partial charge in [-0.05, 0) is 18.1 Å². The molecular formula is C11H11Cl2F2NO2. The number of hydrogen-bond acceptors (Lipinski definition) is 3. The second-order valence-corrected chi connectivity index (χ2v) is 4.02. The molecule has 3 nitrogen and oxygen atoms in total. The van der Waals surface area contributed by atoms with Crippen LogP contribution in [0.5, 0.6) is 0 Å². The van der Waals surface area contributed by atoms with Crippen molar-refractivity contribution in [1.29, 1.82) is 0 Å². The smallest absolute Gasteiger partial charge is 0.310 e. The predicted octanol–water partition coefficient (Wildman–Crippen LogP) is 3.52. The van der Waals surface area contributed by atoms with E-state index in [1.54, 1.807) is 6.92 Å². The summed E-state index contributed by atoms with van der Waals surface area (Å²) in [6.45, 7) is 1.91. The van der Waals surface area contributed by atoms with Crippen molar-refractivity contribution in [1.82, 2.24) is 4.98 Å². The van der Waals surface area contributed by atoms with Crippen molar-refractivity contribution in [2.75, 3.05) is 6.61 Å². The lowest BCUT2D eigenvalue weighted by molar-refractivity contribution is -0.142. The van der Waals surface area contributed by atoms with Gasteiger partial charge in [-0.1, -0.05) is 11.6 Å². The molecule has 1 aromatic heterocycles. The van der Waals surface area contributed by atoms with Crippen molar-refractivity contribution in [2.24, 2.45) is 0 Å². The fraction of sp³-hybridized carbons (Fsp3) is 0.455. The third-order valence-electron chi connectivity index (χ3n) is 2.22. The average molecular weight is 298 g/mol. The Kier molecular flexibility index (Phi) is 5.75. The number of rotatable bonds is 5. The highest BCUT2D eigenvalue weighted by Crippen LogP contribution is 2.31. The lowest BCUT2D eigenvalue weighted by Gasteiger charge is -2.11. The number of hydrogen-bond donors (Lipinski definition) is 0. The van der Waals surface area contributed by atoms with Crippen molar-refractivity contribution in [3.05, 3.63) is 28.0 Å². The SMILES string of the molecule is CCOC(=O)Cc1cnc(C(F)F)c(Cl)c1CCl. The number of nitrogens with zero attached hydrogens (tertiary/aromatic N) is 1. The van der Waals surface area contributed by atoms with Crippen LogP contribution in [0.1, 0.15) is 30.2 Å². The van der Waals surface area contributed by atoms with Crippen LogP contribution in [0.4, 0.5) is 8.78 Å². The van der Waals surface area contributed by atoms with Gasteiger partial charge in [0.25, 0.3) is 6.43 Å². The molecule has 0 saturated heterocycles. The highest BCUT2D eigenvalue weighted by molar-refractivity contribution is 6.33. The normalized spacial score (nSPS) is 10.8. The monoisotopic (exact) mass is 297 g/mol. The van der Waals surface area contributed by atoms with E-state index < -0.39 is 18.1 Å². The largest absolute Gasteiger partial charge is 0.466 e. The van der Waals surface area contributed by atoms with Gasteiger partial charge in [0.15, 0.2) is 0 Å². The molecular weight excluding hydrogens is 287 g/mol. The van der Waals surface area contributed by atoms with Crippen LogP contribution in [0.2, 0.25) is 5.02 Å². The molecule has 0 saturated carbocycles. The Morgan fingerprint density at radius 3 is 2.72 bits per heavy atom. The minimum Gasteiger partial charge on any atom is -0.466 e. The van der Waals surface area contributed by atoms with E-state index in [0.29, 0.717) is 5.56 Å². The first-order chi connectivity index (χ1) is 8.51. The number of esters is 1. The van der Waals surface area contributed by atoms with Gasteiger partial charge in [-0.15, -0.1) is 11.6 Å². The Hall–Kier alpha value is -0.940. The van der Waals surface area contributed by atoms with E-state index in [2.05, 4.69) is 4.98 Å². The fourth-order valence-electron chi connectivity index (χ4n) is 1.39. The van der Waals surface area contributed by atoms with Gasteiger partial charge in [-0.3, -0.25) is 9.78 Å². The Balaban J connectivity index is 3.07. The Morgan fingerprint density at radius 2 is 2.22 bits per heavy atom. The van der Waals surface area contributed by atoms with Crippen molar-refractivity contribution >= 4 is 29.2 Å². The van der Waals surface area contributed by atoms with Gasteiger partial charge in [-0.2, -0.15) is 0 Å². The summed E-state index contributed by atoms with van der Waals surface area (Å²) in [4.78, 5) is 14.9. The van der Waals surface area contributed by atoms with Crippen LogP contribution in [0.25, 0.3) is 0 Å². The van der Waals surface area contributed by atoms with Gasteiger partial charge in [0.1, 0.15) is 5.69 Å². The number of pyridine rings is 1. The van der Waals surface area contributed by atoms with Crippen molar-refractivity contribution in [3.8, 4) is 0 Å². The molecule has 0 aliphatic carbocycles. The molecule has 0 atom stereocenters. The maximum atomic E-state index is 12.6. The summed E-state index contributed by atoms with van der Waals surface area (Å²) in [6.07, 6.45) is -1.69. The van der Waals surface area contributed by atoms with Crippen LogP contribution in [0, 0.1) is 0 Å². The molecule has 1 heterocycles. The number of alkyl halides is 3. The Bertz CT molecular complexity index is 441. The first-order valence-electron chi connectivity index (χ1n) is 5.17. The molecule has 0 aliphatic rings. The zero-order chi connectivity index (χ0) is 13.7. The van der Waals surface area contributed by atoms with Gasteiger partial charge in [0, 0.05) is 12.1 Å². The van der Waals surface area contributed by atoms with E-state index in [4.69, 9.17) is 27.9 Å². The third kappa shape index (κ3) is 3.53. The van der Waals surface area contributed by atoms with Crippen LogP contribution in [0.3, 0.4) is 0 Å². The molecule has 0 radical (unpaired) electrons. The molecule has 0 aliphatic heterocycles. The molecule has 18 heavy (non-hydrogen) atoms. The molecule has 0 aromatic carbocycles. The number of halogens is 4. The summed E-state index contributed by atoms with van der Waals surface area (Å²) >= 11 is 11.5. The molecule has 0 fully saturated rings. The molecule has 1 rings (SSSR count). The van der Waals surface area contributed by atoms with Crippen LogP contribution in [-0.2, 0) is 21.8 Å². The highest BCUT2D eigenvalue weighted by Gasteiger charge is 2.20. The van der Waals surface area contributed by atoms with Gasteiger partial charge in [0.05, 0.1) is 18.1 Å². The fourth-order valence-corrected chi connectivity index (χ4v) is 2.09. The van der Waals surface area contributed by atoms with Gasteiger partial charge < -0.3 is 4.74 Å². The van der Waals surface area contributed by atoms with Crippen molar-refractivity contribution < 1.29 is 18.3 Å². The second kappa shape index (κ2) is 6.85. The van der Waals surface area contributed by atoms with E-state index >= 15 is 0 Å². The first kappa shape index (κ1) is 15.1. The molecule has 7 heteroatoms. The minimum absolute atomic E-state index is 0.0736. The average Bonchev–Trinajstić information content (AvgIpc) is 2.29. The van der Waals surface area contributed by atoms with E-state index in [1.165, 1.54) is 6.20 Å².